The van der Waals surface area contributed by atoms with Crippen molar-refractivity contribution in [3.8, 4) is 0 Å². The Morgan fingerprint density at radius 3 is 1.32 bits per heavy atom. The molecule has 0 saturated heterocycles. The van der Waals surface area contributed by atoms with Gasteiger partial charge in [0, 0.05) is 23.0 Å². The second-order valence-electron chi connectivity index (χ2n) is 10.8. The van der Waals surface area contributed by atoms with Crippen LogP contribution in [0.25, 0.3) is 0 Å². The summed E-state index contributed by atoms with van der Waals surface area (Å²) in [5.74, 6) is -1.07. The number of amides is 2. The monoisotopic (exact) mass is 526 g/mol. The molecule has 196 valence electrons. The van der Waals surface area contributed by atoms with E-state index in [1.165, 1.54) is 0 Å². The average Bonchev–Trinajstić information content (AvgIpc) is 3.91. The molecular formula is C34H26N2O4. The lowest BCUT2D eigenvalue weighted by atomic mass is 9.82. The summed E-state index contributed by atoms with van der Waals surface area (Å²) in [5, 5.41) is 5.84. The van der Waals surface area contributed by atoms with Crippen LogP contribution in [0.1, 0.15) is 67.6 Å². The number of benzene rings is 4. The Morgan fingerprint density at radius 1 is 0.525 bits per heavy atom. The van der Waals surface area contributed by atoms with Crippen LogP contribution in [-0.2, 0) is 9.59 Å². The van der Waals surface area contributed by atoms with E-state index in [0.717, 1.165) is 24.0 Å². The van der Waals surface area contributed by atoms with Gasteiger partial charge in [0.05, 0.1) is 22.5 Å². The zero-order valence-electron chi connectivity index (χ0n) is 21.6. The first-order chi connectivity index (χ1) is 19.5. The first-order valence-corrected chi connectivity index (χ1v) is 13.6. The first kappa shape index (κ1) is 24.2. The van der Waals surface area contributed by atoms with Crippen molar-refractivity contribution in [1.82, 2.24) is 0 Å². The number of carbonyl (C=O) groups is 4. The van der Waals surface area contributed by atoms with Gasteiger partial charge in [0.15, 0.2) is 11.6 Å². The van der Waals surface area contributed by atoms with Crippen molar-refractivity contribution >= 4 is 34.8 Å². The number of anilines is 2. The highest BCUT2D eigenvalue weighted by Gasteiger charge is 2.45. The van der Waals surface area contributed by atoms with Crippen LogP contribution in [0.3, 0.4) is 0 Å². The SMILES string of the molecule is O=C1c2cccc(NC(=O)[C@H]3C[C@@H]3c3ccccc3)c2C(=O)c2cccc(NC(=O)[C@H]3C[C@@H]3c3ccccc3)c21. The maximum absolute atomic E-state index is 13.7. The number of nitrogens with one attached hydrogen (secondary N) is 2. The molecule has 0 aromatic heterocycles. The van der Waals surface area contributed by atoms with Gasteiger partial charge in [-0.25, -0.2) is 0 Å². The quantitative estimate of drug-likeness (QED) is 0.286. The number of hydrogen-bond acceptors (Lipinski definition) is 4. The Hall–Kier alpha value is -4.84. The van der Waals surface area contributed by atoms with E-state index in [1.807, 2.05) is 60.7 Å². The first-order valence-electron chi connectivity index (χ1n) is 13.6. The van der Waals surface area contributed by atoms with E-state index < -0.39 is 0 Å². The van der Waals surface area contributed by atoms with Crippen molar-refractivity contribution in [1.29, 1.82) is 0 Å². The lowest BCUT2D eigenvalue weighted by Crippen LogP contribution is -2.26. The zero-order valence-corrected chi connectivity index (χ0v) is 21.6. The number of rotatable bonds is 6. The van der Waals surface area contributed by atoms with Gasteiger partial charge in [0.1, 0.15) is 0 Å². The standard InChI is InChI=1S/C34H26N2O4/c37-31-22-14-8-16-28(36-34(40)26-18-24(26)20-11-5-2-6-12-20)30(22)32(38)21-13-7-15-27(29(21)31)35-33(39)25-17-23(25)19-9-3-1-4-10-19/h1-16,23-26H,17-18H2,(H,35,39)(H,36,40)/t23-,24-,25+,26+/m1/s1. The molecule has 3 aliphatic rings. The summed E-state index contributed by atoms with van der Waals surface area (Å²) in [6.07, 6.45) is 1.49. The Morgan fingerprint density at radius 2 is 0.925 bits per heavy atom. The van der Waals surface area contributed by atoms with Crippen molar-refractivity contribution in [2.45, 2.75) is 24.7 Å². The molecule has 0 radical (unpaired) electrons. The third-order valence-electron chi connectivity index (χ3n) is 8.30. The fourth-order valence-corrected chi connectivity index (χ4v) is 6.01. The smallest absolute Gasteiger partial charge is 0.228 e. The zero-order chi connectivity index (χ0) is 27.4. The molecule has 3 aliphatic carbocycles. The molecule has 0 aliphatic heterocycles. The van der Waals surface area contributed by atoms with Gasteiger partial charge < -0.3 is 10.6 Å². The average molecular weight is 527 g/mol. The summed E-state index contributed by atoms with van der Waals surface area (Å²) in [6.45, 7) is 0. The molecule has 2 amide bonds. The minimum atomic E-state index is -0.347. The topological polar surface area (TPSA) is 92.3 Å². The third-order valence-corrected chi connectivity index (χ3v) is 8.30. The predicted molar refractivity (Wildman–Crippen MR) is 152 cm³/mol. The molecule has 4 aromatic rings. The van der Waals surface area contributed by atoms with E-state index in [-0.39, 0.29) is 69.3 Å². The number of hydrogen-bond donors (Lipinski definition) is 2. The lowest BCUT2D eigenvalue weighted by molar-refractivity contribution is -0.118. The van der Waals surface area contributed by atoms with E-state index >= 15 is 0 Å². The van der Waals surface area contributed by atoms with E-state index in [0.29, 0.717) is 11.4 Å². The molecule has 2 saturated carbocycles. The van der Waals surface area contributed by atoms with Crippen molar-refractivity contribution < 1.29 is 19.2 Å². The highest BCUT2D eigenvalue weighted by Crippen LogP contribution is 2.49. The van der Waals surface area contributed by atoms with Crippen LogP contribution in [0, 0.1) is 11.8 Å². The van der Waals surface area contributed by atoms with Crippen LogP contribution in [-0.4, -0.2) is 23.4 Å². The van der Waals surface area contributed by atoms with Gasteiger partial charge in [-0.1, -0.05) is 84.9 Å². The number of ketones is 2. The fourth-order valence-electron chi connectivity index (χ4n) is 6.01. The molecule has 0 heterocycles. The Balaban J connectivity index is 1.12. The van der Waals surface area contributed by atoms with Crippen LogP contribution in [0.15, 0.2) is 97.1 Å². The molecule has 4 atom stereocenters. The molecule has 6 heteroatoms. The molecular weight excluding hydrogens is 500 g/mol. The van der Waals surface area contributed by atoms with Gasteiger partial charge >= 0.3 is 0 Å². The summed E-state index contributed by atoms with van der Waals surface area (Å²) in [6, 6.07) is 29.7. The molecule has 4 aromatic carbocycles. The highest BCUT2D eigenvalue weighted by molar-refractivity contribution is 6.32. The van der Waals surface area contributed by atoms with E-state index in [1.54, 1.807) is 36.4 Å². The summed E-state index contributed by atoms with van der Waals surface area (Å²) in [5.41, 5.74) is 3.75. The largest absolute Gasteiger partial charge is 0.325 e. The molecule has 2 N–H and O–H groups in total. The summed E-state index contributed by atoms with van der Waals surface area (Å²) < 4.78 is 0. The molecule has 0 bridgehead atoms. The van der Waals surface area contributed by atoms with Gasteiger partial charge in [-0.2, -0.15) is 0 Å². The van der Waals surface area contributed by atoms with Crippen molar-refractivity contribution in [3.63, 3.8) is 0 Å². The normalized spacial score (nSPS) is 22.1. The van der Waals surface area contributed by atoms with Crippen LogP contribution in [0.5, 0.6) is 0 Å². The van der Waals surface area contributed by atoms with Crippen LogP contribution >= 0.6 is 0 Å². The van der Waals surface area contributed by atoms with Crippen LogP contribution in [0.4, 0.5) is 11.4 Å². The van der Waals surface area contributed by atoms with Crippen LogP contribution < -0.4 is 10.6 Å². The van der Waals surface area contributed by atoms with Gasteiger partial charge in [-0.15, -0.1) is 0 Å². The molecule has 0 unspecified atom stereocenters. The summed E-state index contributed by atoms with van der Waals surface area (Å²) in [4.78, 5) is 53.7. The van der Waals surface area contributed by atoms with E-state index in [2.05, 4.69) is 10.6 Å². The molecule has 2 fully saturated rings. The summed E-state index contributed by atoms with van der Waals surface area (Å²) in [7, 11) is 0. The van der Waals surface area contributed by atoms with Gasteiger partial charge in [-0.3, -0.25) is 19.2 Å². The van der Waals surface area contributed by atoms with Crippen molar-refractivity contribution in [2.75, 3.05) is 10.6 Å². The van der Waals surface area contributed by atoms with Crippen molar-refractivity contribution in [3.05, 3.63) is 130 Å². The predicted octanol–water partition coefficient (Wildman–Crippen LogP) is 5.95. The molecule has 40 heavy (non-hydrogen) atoms. The summed E-state index contributed by atoms with van der Waals surface area (Å²) >= 11 is 0. The molecule has 0 spiro atoms. The van der Waals surface area contributed by atoms with Crippen LogP contribution in [0.2, 0.25) is 0 Å². The van der Waals surface area contributed by atoms with Gasteiger partial charge in [0.2, 0.25) is 11.8 Å². The van der Waals surface area contributed by atoms with E-state index in [4.69, 9.17) is 0 Å². The van der Waals surface area contributed by atoms with Gasteiger partial charge in [-0.05, 0) is 47.9 Å². The highest BCUT2D eigenvalue weighted by atomic mass is 16.2. The Bertz CT molecular complexity index is 1570. The maximum atomic E-state index is 13.7. The van der Waals surface area contributed by atoms with Crippen molar-refractivity contribution in [2.24, 2.45) is 11.8 Å². The fraction of sp³-hybridized carbons (Fsp3) is 0.176. The minimum Gasteiger partial charge on any atom is -0.325 e. The lowest BCUT2D eigenvalue weighted by Gasteiger charge is -2.22. The second kappa shape index (κ2) is 9.42. The molecule has 6 nitrogen and oxygen atoms in total. The number of carbonyl (C=O) groups excluding carboxylic acids is 4. The van der Waals surface area contributed by atoms with E-state index in [9.17, 15) is 19.2 Å². The molecule has 7 rings (SSSR count). The number of fused-ring (bicyclic) bond motifs is 2. The third kappa shape index (κ3) is 4.13. The Kier molecular flexibility index (Phi) is 5.70. The second-order valence-corrected chi connectivity index (χ2v) is 10.8. The van der Waals surface area contributed by atoms with Gasteiger partial charge in [0.25, 0.3) is 0 Å². The Labute approximate surface area is 231 Å². The maximum Gasteiger partial charge on any atom is 0.228 e. The minimum absolute atomic E-state index is 0.151.